The van der Waals surface area contributed by atoms with Gasteiger partial charge in [-0.3, -0.25) is 4.98 Å². The highest BCUT2D eigenvalue weighted by Gasteiger charge is 2.34. The van der Waals surface area contributed by atoms with E-state index in [0.29, 0.717) is 28.4 Å². The van der Waals surface area contributed by atoms with Gasteiger partial charge in [0.1, 0.15) is 11.5 Å². The van der Waals surface area contributed by atoms with Crippen molar-refractivity contribution in [3.05, 3.63) is 35.8 Å². The maximum absolute atomic E-state index is 13.8. The second-order valence-corrected chi connectivity index (χ2v) is 5.70. The normalized spacial score (nSPS) is 16.0. The van der Waals surface area contributed by atoms with Gasteiger partial charge in [-0.25, -0.2) is 8.78 Å². The maximum Gasteiger partial charge on any atom is 0.269 e. The van der Waals surface area contributed by atoms with Crippen molar-refractivity contribution in [3.8, 4) is 0 Å². The molecule has 0 saturated carbocycles. The summed E-state index contributed by atoms with van der Waals surface area (Å²) < 4.78 is 27.6. The molecule has 0 aromatic carbocycles. The third-order valence-electron chi connectivity index (χ3n) is 3.71. The zero-order chi connectivity index (χ0) is 16.0. The van der Waals surface area contributed by atoms with Gasteiger partial charge in [-0.1, -0.05) is 0 Å². The number of nitrogens with one attached hydrogen (secondary N) is 3. The molecular weight excluding hydrogens is 302 g/mol. The molecule has 1 aliphatic heterocycles. The van der Waals surface area contributed by atoms with E-state index in [1.165, 1.54) is 0 Å². The minimum atomic E-state index is -2.82. The van der Waals surface area contributed by atoms with E-state index < -0.39 is 12.5 Å². The lowest BCUT2D eigenvalue weighted by atomic mass is 10.1. The van der Waals surface area contributed by atoms with Gasteiger partial charge in [0, 0.05) is 18.8 Å². The van der Waals surface area contributed by atoms with Crippen molar-refractivity contribution >= 4 is 28.5 Å². The van der Waals surface area contributed by atoms with E-state index in [0.717, 1.165) is 11.3 Å². The number of hydrogen-bond acceptors (Lipinski definition) is 5. The van der Waals surface area contributed by atoms with E-state index in [9.17, 15) is 8.78 Å². The second kappa shape index (κ2) is 4.87. The number of rotatable bonds is 2. The molecule has 0 amide bonds. The number of aromatic amines is 1. The van der Waals surface area contributed by atoms with Crippen LogP contribution >= 0.6 is 0 Å². The van der Waals surface area contributed by atoms with Gasteiger partial charge in [-0.05, 0) is 24.1 Å². The Morgan fingerprint density at radius 2 is 2.13 bits per heavy atom. The number of aryl methyl sites for hydroxylation is 1. The number of H-pyrrole nitrogens is 1. The van der Waals surface area contributed by atoms with Gasteiger partial charge in [0.15, 0.2) is 0 Å². The van der Waals surface area contributed by atoms with E-state index in [4.69, 9.17) is 0 Å². The Labute approximate surface area is 130 Å². The van der Waals surface area contributed by atoms with Crippen molar-refractivity contribution < 1.29 is 8.78 Å². The lowest BCUT2D eigenvalue weighted by Crippen LogP contribution is -2.28. The van der Waals surface area contributed by atoms with Crippen LogP contribution in [0.1, 0.15) is 11.1 Å². The lowest BCUT2D eigenvalue weighted by Gasteiger charge is -2.13. The Morgan fingerprint density at radius 1 is 1.26 bits per heavy atom. The highest BCUT2D eigenvalue weighted by atomic mass is 19.3. The lowest BCUT2D eigenvalue weighted by molar-refractivity contribution is 0.0169. The molecule has 1 aliphatic rings. The second-order valence-electron chi connectivity index (χ2n) is 5.70. The van der Waals surface area contributed by atoms with Crippen LogP contribution in [0, 0.1) is 6.92 Å². The fourth-order valence-electron chi connectivity index (χ4n) is 2.73. The minimum Gasteiger partial charge on any atom is -0.363 e. The highest BCUT2D eigenvalue weighted by Crippen LogP contribution is 2.34. The van der Waals surface area contributed by atoms with Gasteiger partial charge in [0.25, 0.3) is 5.92 Å². The fourth-order valence-corrected chi connectivity index (χ4v) is 2.73. The van der Waals surface area contributed by atoms with Crippen LogP contribution < -0.4 is 10.6 Å². The summed E-state index contributed by atoms with van der Waals surface area (Å²) in [7, 11) is 0. The van der Waals surface area contributed by atoms with Crippen LogP contribution in [0.3, 0.4) is 0 Å². The molecule has 6 nitrogen and oxygen atoms in total. The summed E-state index contributed by atoms with van der Waals surface area (Å²) >= 11 is 0. The number of halogens is 2. The van der Waals surface area contributed by atoms with Crippen LogP contribution in [0.2, 0.25) is 0 Å². The molecule has 23 heavy (non-hydrogen) atoms. The zero-order valence-corrected chi connectivity index (χ0v) is 12.3. The van der Waals surface area contributed by atoms with Crippen molar-refractivity contribution in [3.63, 3.8) is 0 Å². The molecular formula is C15H14F2N6. The Morgan fingerprint density at radius 3 is 2.96 bits per heavy atom. The summed E-state index contributed by atoms with van der Waals surface area (Å²) in [6.07, 6.45) is 4.64. The Hall–Kier alpha value is -2.77. The molecule has 0 spiro atoms. The van der Waals surface area contributed by atoms with E-state index in [-0.39, 0.29) is 6.42 Å². The van der Waals surface area contributed by atoms with Gasteiger partial charge in [-0.2, -0.15) is 9.97 Å². The number of pyridine rings is 1. The maximum atomic E-state index is 13.8. The van der Waals surface area contributed by atoms with Crippen molar-refractivity contribution in [1.29, 1.82) is 0 Å². The number of anilines is 3. The molecule has 0 unspecified atom stereocenters. The highest BCUT2D eigenvalue weighted by molar-refractivity contribution is 5.92. The number of nitrogens with zero attached hydrogens (tertiary/aromatic N) is 3. The van der Waals surface area contributed by atoms with Crippen LogP contribution in [-0.4, -0.2) is 32.4 Å². The minimum absolute atomic E-state index is 0.325. The van der Waals surface area contributed by atoms with Crippen LogP contribution in [0.25, 0.3) is 11.0 Å². The van der Waals surface area contributed by atoms with Crippen LogP contribution in [-0.2, 0) is 6.42 Å². The molecule has 4 heterocycles. The molecule has 0 aliphatic carbocycles. The Balaban J connectivity index is 1.76. The average molecular weight is 316 g/mol. The van der Waals surface area contributed by atoms with Crippen LogP contribution in [0.15, 0.2) is 24.7 Å². The molecule has 0 atom stereocenters. The zero-order valence-electron chi connectivity index (χ0n) is 12.3. The summed E-state index contributed by atoms with van der Waals surface area (Å²) in [5, 5.41) is 6.40. The molecule has 0 fully saturated rings. The van der Waals surface area contributed by atoms with Crippen molar-refractivity contribution in [2.75, 3.05) is 17.2 Å². The molecule has 118 valence electrons. The fraction of sp³-hybridized carbons (Fsp3) is 0.267. The molecule has 3 aromatic heterocycles. The molecule has 0 saturated heterocycles. The predicted molar refractivity (Wildman–Crippen MR) is 83.3 cm³/mol. The van der Waals surface area contributed by atoms with Crippen molar-refractivity contribution in [2.45, 2.75) is 19.3 Å². The van der Waals surface area contributed by atoms with Gasteiger partial charge >= 0.3 is 0 Å². The SMILES string of the molecule is Cc1cncc(Nc2nc3c4c(c[nH]c4n2)CC(F)(F)CN3)c1. The van der Waals surface area contributed by atoms with Crippen molar-refractivity contribution in [2.24, 2.45) is 0 Å². The van der Waals surface area contributed by atoms with Gasteiger partial charge in [0.05, 0.1) is 23.8 Å². The monoisotopic (exact) mass is 316 g/mol. The Kier molecular flexibility index (Phi) is 2.93. The number of hydrogen-bond donors (Lipinski definition) is 3. The quantitative estimate of drug-likeness (QED) is 0.677. The molecule has 3 N–H and O–H groups in total. The third kappa shape index (κ3) is 2.56. The van der Waals surface area contributed by atoms with Gasteiger partial charge in [0.2, 0.25) is 5.95 Å². The molecule has 0 bridgehead atoms. The van der Waals surface area contributed by atoms with Crippen molar-refractivity contribution in [1.82, 2.24) is 19.9 Å². The molecule has 3 aromatic rings. The first kappa shape index (κ1) is 13.9. The summed E-state index contributed by atoms with van der Waals surface area (Å²) in [5.74, 6) is -2.08. The standard InChI is InChI=1S/C15H14F2N6/c1-8-2-10(6-18-4-8)21-14-22-12-11-9(5-19-12)3-15(16,17)7-20-13(11)23-14/h2,4-6H,3,7H2,1H3,(H3,19,20,21,22,23). The first-order valence-corrected chi connectivity index (χ1v) is 7.19. The Bertz CT molecular complexity index is 889. The predicted octanol–water partition coefficient (Wildman–Crippen LogP) is 3.01. The number of aromatic nitrogens is 4. The van der Waals surface area contributed by atoms with E-state index in [1.54, 1.807) is 18.6 Å². The van der Waals surface area contributed by atoms with E-state index in [2.05, 4.69) is 30.6 Å². The summed E-state index contributed by atoms with van der Waals surface area (Å²) in [4.78, 5) is 15.7. The van der Waals surface area contributed by atoms with Crippen LogP contribution in [0.5, 0.6) is 0 Å². The van der Waals surface area contributed by atoms with Crippen LogP contribution in [0.4, 0.5) is 26.2 Å². The largest absolute Gasteiger partial charge is 0.363 e. The topological polar surface area (TPSA) is 78.5 Å². The first-order valence-electron chi connectivity index (χ1n) is 7.19. The van der Waals surface area contributed by atoms with Gasteiger partial charge in [-0.15, -0.1) is 0 Å². The summed E-state index contributed by atoms with van der Waals surface area (Å²) in [5.41, 5.74) is 2.78. The smallest absolute Gasteiger partial charge is 0.269 e. The molecule has 0 radical (unpaired) electrons. The van der Waals surface area contributed by atoms with E-state index >= 15 is 0 Å². The average Bonchev–Trinajstić information content (AvgIpc) is 2.81. The summed E-state index contributed by atoms with van der Waals surface area (Å²) in [6.45, 7) is 1.48. The van der Waals surface area contributed by atoms with Gasteiger partial charge < -0.3 is 15.6 Å². The molecule has 4 rings (SSSR count). The number of alkyl halides is 2. The molecule has 8 heteroatoms. The van der Waals surface area contributed by atoms with E-state index in [1.807, 2.05) is 13.0 Å². The summed E-state index contributed by atoms with van der Waals surface area (Å²) in [6, 6.07) is 1.90. The first-order chi connectivity index (χ1) is 11.0. The third-order valence-corrected chi connectivity index (χ3v) is 3.71.